The molecule has 0 saturated carbocycles. The summed E-state index contributed by atoms with van der Waals surface area (Å²) in [5.41, 5.74) is 1.87. The monoisotopic (exact) mass is 233 g/mol. The highest BCUT2D eigenvalue weighted by molar-refractivity contribution is 5.94. The summed E-state index contributed by atoms with van der Waals surface area (Å²) >= 11 is 0. The summed E-state index contributed by atoms with van der Waals surface area (Å²) in [5, 5.41) is 6.11. The Kier molecular flexibility index (Phi) is 3.76. The van der Waals surface area contributed by atoms with Gasteiger partial charge in [0, 0.05) is 25.2 Å². The minimum absolute atomic E-state index is 0.0288. The Balaban J connectivity index is 1.96. The summed E-state index contributed by atoms with van der Waals surface area (Å²) in [7, 11) is 3.95. The molecule has 0 radical (unpaired) electrons. The molecular weight excluding hydrogens is 214 g/mol. The quantitative estimate of drug-likeness (QED) is 0.793. The number of carbonyl (C=O) groups excluding carboxylic acids is 1. The van der Waals surface area contributed by atoms with Gasteiger partial charge in [0.2, 0.25) is 0 Å². The zero-order valence-corrected chi connectivity index (χ0v) is 10.4. The predicted molar refractivity (Wildman–Crippen MR) is 68.0 cm³/mol. The lowest BCUT2D eigenvalue weighted by Gasteiger charge is -2.36. The molecule has 92 valence electrons. The third kappa shape index (κ3) is 3.05. The topological polar surface area (TPSA) is 44.4 Å². The van der Waals surface area contributed by atoms with E-state index in [9.17, 15) is 4.79 Å². The van der Waals surface area contributed by atoms with E-state index >= 15 is 0 Å². The SMILES string of the molecule is CNCc1cccc(C(=O)NC2CN(C)C2)c1. The number of carbonyl (C=O) groups is 1. The Hall–Kier alpha value is -1.39. The molecule has 0 bridgehead atoms. The second kappa shape index (κ2) is 5.29. The first-order chi connectivity index (χ1) is 8.19. The third-order valence-electron chi connectivity index (χ3n) is 2.97. The zero-order chi connectivity index (χ0) is 12.3. The second-order valence-corrected chi connectivity index (χ2v) is 4.62. The fourth-order valence-corrected chi connectivity index (χ4v) is 2.09. The van der Waals surface area contributed by atoms with Gasteiger partial charge in [0.15, 0.2) is 0 Å². The van der Waals surface area contributed by atoms with Gasteiger partial charge in [-0.25, -0.2) is 0 Å². The van der Waals surface area contributed by atoms with E-state index < -0.39 is 0 Å². The Labute approximate surface area is 102 Å². The van der Waals surface area contributed by atoms with Crippen LogP contribution in [0.4, 0.5) is 0 Å². The van der Waals surface area contributed by atoms with E-state index in [1.807, 2.05) is 31.3 Å². The zero-order valence-electron chi connectivity index (χ0n) is 10.4. The highest BCUT2D eigenvalue weighted by Crippen LogP contribution is 2.08. The maximum Gasteiger partial charge on any atom is 0.251 e. The van der Waals surface area contributed by atoms with Crippen molar-refractivity contribution in [2.24, 2.45) is 0 Å². The van der Waals surface area contributed by atoms with Crippen LogP contribution in [0.2, 0.25) is 0 Å². The van der Waals surface area contributed by atoms with Gasteiger partial charge in [-0.2, -0.15) is 0 Å². The van der Waals surface area contributed by atoms with Crippen LogP contribution in [-0.4, -0.2) is 44.0 Å². The van der Waals surface area contributed by atoms with Gasteiger partial charge in [-0.3, -0.25) is 4.79 Å². The first-order valence-corrected chi connectivity index (χ1v) is 5.92. The van der Waals surface area contributed by atoms with Gasteiger partial charge < -0.3 is 15.5 Å². The van der Waals surface area contributed by atoms with Crippen LogP contribution >= 0.6 is 0 Å². The fourth-order valence-electron chi connectivity index (χ4n) is 2.09. The number of benzene rings is 1. The molecule has 2 N–H and O–H groups in total. The molecule has 0 aromatic heterocycles. The van der Waals surface area contributed by atoms with Crippen molar-refractivity contribution in [3.05, 3.63) is 35.4 Å². The summed E-state index contributed by atoms with van der Waals surface area (Å²) in [4.78, 5) is 14.1. The Morgan fingerprint density at radius 2 is 2.24 bits per heavy atom. The van der Waals surface area contributed by atoms with E-state index in [2.05, 4.69) is 22.6 Å². The van der Waals surface area contributed by atoms with Gasteiger partial charge in [-0.15, -0.1) is 0 Å². The lowest BCUT2D eigenvalue weighted by Crippen LogP contribution is -2.57. The molecule has 1 aliphatic rings. The van der Waals surface area contributed by atoms with Crippen molar-refractivity contribution < 1.29 is 4.79 Å². The number of amides is 1. The van der Waals surface area contributed by atoms with Crippen LogP contribution < -0.4 is 10.6 Å². The number of nitrogens with one attached hydrogen (secondary N) is 2. The molecule has 1 fully saturated rings. The summed E-state index contributed by atoms with van der Waals surface area (Å²) in [6.45, 7) is 2.68. The van der Waals surface area contributed by atoms with Crippen LogP contribution in [0.15, 0.2) is 24.3 Å². The van der Waals surface area contributed by atoms with Crippen molar-refractivity contribution >= 4 is 5.91 Å². The Bertz CT molecular complexity index is 399. The average Bonchev–Trinajstić information content (AvgIpc) is 2.28. The second-order valence-electron chi connectivity index (χ2n) is 4.62. The van der Waals surface area contributed by atoms with Gasteiger partial charge in [-0.05, 0) is 31.8 Å². The van der Waals surface area contributed by atoms with Crippen molar-refractivity contribution in [2.45, 2.75) is 12.6 Å². The van der Waals surface area contributed by atoms with Crippen LogP contribution in [0.3, 0.4) is 0 Å². The lowest BCUT2D eigenvalue weighted by atomic mass is 10.1. The standard InChI is InChI=1S/C13H19N3O/c1-14-7-10-4-3-5-11(6-10)13(17)15-12-8-16(2)9-12/h3-6,12,14H,7-9H2,1-2H3,(H,15,17). The van der Waals surface area contributed by atoms with Gasteiger partial charge in [-0.1, -0.05) is 12.1 Å². The van der Waals surface area contributed by atoms with Gasteiger partial charge >= 0.3 is 0 Å². The fraction of sp³-hybridized carbons (Fsp3) is 0.462. The average molecular weight is 233 g/mol. The van der Waals surface area contributed by atoms with Crippen LogP contribution in [0.5, 0.6) is 0 Å². The first kappa shape index (κ1) is 12.1. The minimum Gasteiger partial charge on any atom is -0.347 e. The largest absolute Gasteiger partial charge is 0.347 e. The highest BCUT2D eigenvalue weighted by Gasteiger charge is 2.24. The molecule has 17 heavy (non-hydrogen) atoms. The van der Waals surface area contributed by atoms with Crippen molar-refractivity contribution in [3.8, 4) is 0 Å². The lowest BCUT2D eigenvalue weighted by molar-refractivity contribution is 0.0857. The molecule has 1 saturated heterocycles. The molecule has 1 amide bonds. The number of hydrogen-bond acceptors (Lipinski definition) is 3. The molecule has 2 rings (SSSR count). The number of likely N-dealkylation sites (N-methyl/N-ethyl adjacent to an activating group) is 1. The molecule has 0 aliphatic carbocycles. The highest BCUT2D eigenvalue weighted by atomic mass is 16.1. The Morgan fingerprint density at radius 3 is 2.88 bits per heavy atom. The van der Waals surface area contributed by atoms with E-state index in [1.165, 1.54) is 0 Å². The molecular formula is C13H19N3O. The maximum atomic E-state index is 12.0. The summed E-state index contributed by atoms with van der Waals surface area (Å²) in [6, 6.07) is 8.05. The minimum atomic E-state index is 0.0288. The van der Waals surface area contributed by atoms with Crippen molar-refractivity contribution in [2.75, 3.05) is 27.2 Å². The Morgan fingerprint density at radius 1 is 1.47 bits per heavy atom. The molecule has 1 heterocycles. The van der Waals surface area contributed by atoms with Crippen LogP contribution in [0, 0.1) is 0 Å². The number of nitrogens with zero attached hydrogens (tertiary/aromatic N) is 1. The van der Waals surface area contributed by atoms with E-state index in [0.29, 0.717) is 6.04 Å². The normalized spacial score (nSPS) is 16.6. The molecule has 1 aliphatic heterocycles. The van der Waals surface area contributed by atoms with E-state index in [0.717, 1.165) is 30.8 Å². The molecule has 4 nitrogen and oxygen atoms in total. The van der Waals surface area contributed by atoms with Crippen LogP contribution in [0.1, 0.15) is 15.9 Å². The number of likely N-dealkylation sites (tertiary alicyclic amines) is 1. The predicted octanol–water partition coefficient (Wildman–Crippen LogP) is 0.450. The number of hydrogen-bond donors (Lipinski definition) is 2. The van der Waals surface area contributed by atoms with Crippen molar-refractivity contribution in [3.63, 3.8) is 0 Å². The van der Waals surface area contributed by atoms with E-state index in [4.69, 9.17) is 0 Å². The molecule has 4 heteroatoms. The molecule has 1 aromatic rings. The molecule has 0 unspecified atom stereocenters. The third-order valence-corrected chi connectivity index (χ3v) is 2.97. The summed E-state index contributed by atoms with van der Waals surface area (Å²) in [6.07, 6.45) is 0. The first-order valence-electron chi connectivity index (χ1n) is 5.92. The van der Waals surface area contributed by atoms with Crippen LogP contribution in [-0.2, 0) is 6.54 Å². The van der Waals surface area contributed by atoms with Gasteiger partial charge in [0.05, 0.1) is 6.04 Å². The van der Waals surface area contributed by atoms with Crippen molar-refractivity contribution in [1.82, 2.24) is 15.5 Å². The summed E-state index contributed by atoms with van der Waals surface area (Å²) < 4.78 is 0. The van der Waals surface area contributed by atoms with E-state index in [-0.39, 0.29) is 5.91 Å². The summed E-state index contributed by atoms with van der Waals surface area (Å²) in [5.74, 6) is 0.0288. The van der Waals surface area contributed by atoms with Crippen LogP contribution in [0.25, 0.3) is 0 Å². The van der Waals surface area contributed by atoms with Crippen molar-refractivity contribution in [1.29, 1.82) is 0 Å². The molecule has 0 spiro atoms. The molecule has 0 atom stereocenters. The maximum absolute atomic E-state index is 12.0. The molecule has 1 aromatic carbocycles. The van der Waals surface area contributed by atoms with Gasteiger partial charge in [0.1, 0.15) is 0 Å². The van der Waals surface area contributed by atoms with E-state index in [1.54, 1.807) is 0 Å². The van der Waals surface area contributed by atoms with Gasteiger partial charge in [0.25, 0.3) is 5.91 Å². The number of rotatable bonds is 4. The smallest absolute Gasteiger partial charge is 0.251 e.